The Bertz CT molecular complexity index is 2240. The number of aliphatic hydroxyl groups excluding tert-OH is 1. The maximum atomic E-state index is 14.6. The number of fused-ring (bicyclic) bond motifs is 2. The van der Waals surface area contributed by atoms with Gasteiger partial charge in [-0.15, -0.1) is 10.2 Å². The molecule has 0 unspecified atom stereocenters. The van der Waals surface area contributed by atoms with Gasteiger partial charge in [-0.2, -0.15) is 17.5 Å². The number of benzene rings is 1. The lowest BCUT2D eigenvalue weighted by Crippen LogP contribution is -2.50. The highest BCUT2D eigenvalue weighted by Gasteiger charge is 2.46. The second-order valence-electron chi connectivity index (χ2n) is 14.8. The summed E-state index contributed by atoms with van der Waals surface area (Å²) in [6.45, 7) is 7.34. The SMILES string of the molecule is COC(=O)C(C)(C)[C@H](c1ccc(C)c(CN2CC3(CCOCC3)Oc3nc(CCC(=O)NCCO)ccc3S2(=O)=O)c1)c1ccn2c(C(F)(F)F)nnc2c1C. The molecule has 2 aliphatic rings. The van der Waals surface area contributed by atoms with Crippen molar-refractivity contribution in [2.45, 2.75) is 82.5 Å². The van der Waals surface area contributed by atoms with Gasteiger partial charge in [0.15, 0.2) is 5.65 Å². The molecule has 56 heavy (non-hydrogen) atoms. The number of rotatable bonds is 11. The number of nitrogens with zero attached hydrogens (tertiary/aromatic N) is 5. The molecule has 3 aromatic heterocycles. The topological polar surface area (TPSA) is 175 Å². The number of aromatic nitrogens is 4. The third kappa shape index (κ3) is 7.97. The van der Waals surface area contributed by atoms with Crippen LogP contribution in [0.1, 0.15) is 78.4 Å². The van der Waals surface area contributed by atoms with Gasteiger partial charge in [-0.25, -0.2) is 13.4 Å². The lowest BCUT2D eigenvalue weighted by molar-refractivity contribution is -0.151. The Morgan fingerprint density at radius 2 is 1.82 bits per heavy atom. The monoisotopic (exact) mass is 802 g/mol. The first-order valence-corrected chi connectivity index (χ1v) is 19.6. The number of alkyl halides is 3. The molecule has 1 amide bonds. The van der Waals surface area contributed by atoms with E-state index in [1.807, 2.05) is 25.1 Å². The molecule has 1 spiro atoms. The number of hydrogen-bond acceptors (Lipinski definition) is 11. The number of carbonyl (C=O) groups is 2. The fourth-order valence-electron chi connectivity index (χ4n) is 7.53. The number of halogens is 3. The average molecular weight is 803 g/mol. The number of carbonyl (C=O) groups excluding carboxylic acids is 2. The fraction of sp³-hybridized carbons (Fsp3) is 0.500. The fourth-order valence-corrected chi connectivity index (χ4v) is 9.07. The Labute approximate surface area is 322 Å². The van der Waals surface area contributed by atoms with Crippen molar-refractivity contribution >= 4 is 27.5 Å². The van der Waals surface area contributed by atoms with Crippen LogP contribution in [0.4, 0.5) is 13.2 Å². The lowest BCUT2D eigenvalue weighted by Gasteiger charge is -2.38. The predicted octanol–water partition coefficient (Wildman–Crippen LogP) is 4.26. The highest BCUT2D eigenvalue weighted by Crippen LogP contribution is 2.45. The molecule has 18 heteroatoms. The summed E-state index contributed by atoms with van der Waals surface area (Å²) in [6, 6.07) is 9.96. The Balaban J connectivity index is 1.41. The lowest BCUT2D eigenvalue weighted by atomic mass is 9.70. The summed E-state index contributed by atoms with van der Waals surface area (Å²) in [5.41, 5.74) is 1.10. The second kappa shape index (κ2) is 15.7. The van der Waals surface area contributed by atoms with Gasteiger partial charge >= 0.3 is 12.1 Å². The summed E-state index contributed by atoms with van der Waals surface area (Å²) in [5, 5.41) is 18.8. The number of methoxy groups -OCH3 is 1. The van der Waals surface area contributed by atoms with E-state index in [1.165, 1.54) is 29.7 Å². The molecule has 4 aromatic rings. The smallest absolute Gasteiger partial charge is 0.452 e. The van der Waals surface area contributed by atoms with E-state index in [9.17, 15) is 31.2 Å². The van der Waals surface area contributed by atoms with Gasteiger partial charge in [0, 0.05) is 50.2 Å². The van der Waals surface area contributed by atoms with E-state index in [-0.39, 0.29) is 61.4 Å². The molecule has 2 N–H and O–H groups in total. The van der Waals surface area contributed by atoms with Crippen LogP contribution in [0.3, 0.4) is 0 Å². The van der Waals surface area contributed by atoms with Crippen LogP contribution in [-0.4, -0.2) is 94.9 Å². The molecule has 1 fully saturated rings. The van der Waals surface area contributed by atoms with Crippen LogP contribution in [0, 0.1) is 19.3 Å². The quantitative estimate of drug-likeness (QED) is 0.208. The number of aliphatic hydroxyl groups is 1. The van der Waals surface area contributed by atoms with Gasteiger partial charge in [-0.1, -0.05) is 18.2 Å². The van der Waals surface area contributed by atoms with Crippen molar-refractivity contribution in [1.82, 2.24) is 29.2 Å². The summed E-state index contributed by atoms with van der Waals surface area (Å²) in [6.07, 6.45) is -2.44. The van der Waals surface area contributed by atoms with Crippen molar-refractivity contribution in [2.24, 2.45) is 5.41 Å². The van der Waals surface area contributed by atoms with E-state index >= 15 is 0 Å². The molecule has 1 aromatic carbocycles. The van der Waals surface area contributed by atoms with Crippen LogP contribution in [0.5, 0.6) is 5.88 Å². The van der Waals surface area contributed by atoms with E-state index in [4.69, 9.17) is 19.3 Å². The molecule has 0 bridgehead atoms. The number of hydrogen-bond donors (Lipinski definition) is 2. The molecule has 14 nitrogen and oxygen atoms in total. The van der Waals surface area contributed by atoms with Crippen LogP contribution < -0.4 is 10.1 Å². The molecular weight excluding hydrogens is 758 g/mol. The van der Waals surface area contributed by atoms with Crippen LogP contribution in [0.15, 0.2) is 47.5 Å². The number of amides is 1. The number of pyridine rings is 2. The van der Waals surface area contributed by atoms with Gasteiger partial charge in [0.1, 0.15) is 10.5 Å². The Kier molecular flexibility index (Phi) is 11.5. The summed E-state index contributed by atoms with van der Waals surface area (Å²) >= 11 is 0. The number of sulfonamides is 1. The third-order valence-corrected chi connectivity index (χ3v) is 12.4. The molecular formula is C38H45F3N6O8S. The van der Waals surface area contributed by atoms with Crippen molar-refractivity contribution in [3.63, 3.8) is 0 Å². The maximum Gasteiger partial charge on any atom is 0.452 e. The van der Waals surface area contributed by atoms with Gasteiger partial charge in [-0.05, 0) is 80.1 Å². The largest absolute Gasteiger partial charge is 0.469 e. The van der Waals surface area contributed by atoms with Crippen LogP contribution in [-0.2, 0) is 48.2 Å². The van der Waals surface area contributed by atoms with Crippen LogP contribution in [0.2, 0.25) is 0 Å². The van der Waals surface area contributed by atoms with Crippen molar-refractivity contribution in [1.29, 1.82) is 0 Å². The number of esters is 1. The second-order valence-corrected chi connectivity index (χ2v) is 16.7. The van der Waals surface area contributed by atoms with Gasteiger partial charge in [0.25, 0.3) is 0 Å². The summed E-state index contributed by atoms with van der Waals surface area (Å²) in [5.74, 6) is -2.85. The van der Waals surface area contributed by atoms with Crippen molar-refractivity contribution in [3.05, 3.63) is 81.9 Å². The highest BCUT2D eigenvalue weighted by atomic mass is 32.2. The standard InChI is InChI=1S/C38H45F3N6O8S/c1-23-6-7-25(31(36(3,4)35(50)53-5)28-12-16-47-32(24(28)2)44-45-34(47)38(39,40)41)20-26(23)21-46-22-37(13-18-54-19-14-37)55-33-29(56(46,51)52)10-8-27(43-33)9-11-30(49)42-15-17-48/h6-8,10,12,16,20,31,48H,9,11,13-15,17-19,21-22H2,1-5H3,(H,42,49)/t31-/m1/s1. The molecule has 0 aliphatic carbocycles. The minimum atomic E-state index is -4.75. The molecule has 1 saturated heterocycles. The summed E-state index contributed by atoms with van der Waals surface area (Å²) in [4.78, 5) is 30.1. The summed E-state index contributed by atoms with van der Waals surface area (Å²) < 4.78 is 90.0. The highest BCUT2D eigenvalue weighted by molar-refractivity contribution is 7.89. The van der Waals surface area contributed by atoms with Gasteiger partial charge in [-0.3, -0.25) is 14.0 Å². The first-order valence-electron chi connectivity index (χ1n) is 18.2. The van der Waals surface area contributed by atoms with Crippen molar-refractivity contribution in [3.8, 4) is 5.88 Å². The van der Waals surface area contributed by atoms with Crippen molar-refractivity contribution < 1.29 is 50.5 Å². The Morgan fingerprint density at radius 1 is 1.09 bits per heavy atom. The number of ether oxygens (including phenoxy) is 3. The molecule has 5 heterocycles. The molecule has 0 saturated carbocycles. The van der Waals surface area contributed by atoms with E-state index in [0.29, 0.717) is 54.0 Å². The zero-order valence-corrected chi connectivity index (χ0v) is 32.6. The van der Waals surface area contributed by atoms with Crippen LogP contribution >= 0.6 is 0 Å². The number of nitrogens with one attached hydrogen (secondary N) is 1. The number of aryl methyl sites for hydroxylation is 3. The Hall–Kier alpha value is -4.65. The summed E-state index contributed by atoms with van der Waals surface area (Å²) in [7, 11) is -2.97. The van der Waals surface area contributed by atoms with Crippen LogP contribution in [0.25, 0.3) is 5.65 Å². The van der Waals surface area contributed by atoms with E-state index in [0.717, 1.165) is 9.96 Å². The first kappa shape index (κ1) is 41.0. The molecule has 2 aliphatic heterocycles. The maximum absolute atomic E-state index is 14.6. The van der Waals surface area contributed by atoms with E-state index in [2.05, 4.69) is 20.5 Å². The van der Waals surface area contributed by atoms with E-state index in [1.54, 1.807) is 26.8 Å². The average Bonchev–Trinajstić information content (AvgIpc) is 3.58. The zero-order valence-electron chi connectivity index (χ0n) is 31.8. The molecule has 302 valence electrons. The Morgan fingerprint density at radius 3 is 2.50 bits per heavy atom. The first-order chi connectivity index (χ1) is 26.4. The molecule has 6 rings (SSSR count). The molecule has 1 atom stereocenters. The van der Waals surface area contributed by atoms with Crippen molar-refractivity contribution in [2.75, 3.05) is 40.0 Å². The predicted molar refractivity (Wildman–Crippen MR) is 195 cm³/mol. The van der Waals surface area contributed by atoms with Gasteiger partial charge in [0.05, 0.1) is 38.9 Å². The minimum absolute atomic E-state index is 0.0150. The van der Waals surface area contributed by atoms with Gasteiger partial charge in [0.2, 0.25) is 27.6 Å². The minimum Gasteiger partial charge on any atom is -0.469 e. The van der Waals surface area contributed by atoms with E-state index < -0.39 is 44.9 Å². The zero-order chi connectivity index (χ0) is 40.6. The van der Waals surface area contributed by atoms with Gasteiger partial charge < -0.3 is 24.6 Å². The normalized spacial score (nSPS) is 17.5. The molecule has 0 radical (unpaired) electrons. The third-order valence-electron chi connectivity index (χ3n) is 10.6.